The summed E-state index contributed by atoms with van der Waals surface area (Å²) in [4.78, 5) is 14.9. The first-order valence-corrected chi connectivity index (χ1v) is 4.68. The molecule has 0 fully saturated rings. The zero-order valence-corrected chi connectivity index (χ0v) is 8.56. The van der Waals surface area contributed by atoms with Crippen molar-refractivity contribution in [2.24, 2.45) is 7.05 Å². The van der Waals surface area contributed by atoms with Crippen molar-refractivity contribution in [1.82, 2.24) is 14.8 Å². The van der Waals surface area contributed by atoms with E-state index in [9.17, 15) is 4.79 Å². The molecule has 2 aromatic rings. The molecule has 5 nitrogen and oxygen atoms in total. The van der Waals surface area contributed by atoms with Crippen LogP contribution in [0.3, 0.4) is 0 Å². The first-order valence-electron chi connectivity index (χ1n) is 4.68. The molecule has 0 unspecified atom stereocenters. The maximum atomic E-state index is 10.8. The third kappa shape index (κ3) is 1.45. The lowest BCUT2D eigenvalue weighted by Gasteiger charge is -1.95. The van der Waals surface area contributed by atoms with Crippen LogP contribution in [0.4, 0.5) is 0 Å². The molecule has 1 N–H and O–H groups in total. The number of pyridine rings is 1. The van der Waals surface area contributed by atoms with Gasteiger partial charge in [0.2, 0.25) is 0 Å². The third-order valence-corrected chi connectivity index (χ3v) is 2.34. The zero-order valence-electron chi connectivity index (χ0n) is 8.56. The number of aryl methyl sites for hydroxylation is 2. The third-order valence-electron chi connectivity index (χ3n) is 2.34. The van der Waals surface area contributed by atoms with E-state index in [2.05, 4.69) is 10.1 Å². The minimum Gasteiger partial charge on any atom is -0.478 e. The number of carbonyl (C=O) groups is 1. The first kappa shape index (κ1) is 9.64. The average molecular weight is 205 g/mol. The first-order chi connectivity index (χ1) is 7.13. The van der Waals surface area contributed by atoms with Crippen LogP contribution >= 0.6 is 0 Å². The predicted octanol–water partition coefficient (Wildman–Crippen LogP) is 1.23. The summed E-state index contributed by atoms with van der Waals surface area (Å²) in [6.45, 7) is 1.98. The average Bonchev–Trinajstić information content (AvgIpc) is 2.55. The Morgan fingerprint density at radius 1 is 1.60 bits per heavy atom. The molecule has 0 amide bonds. The standard InChI is InChI=1S/C10H11N3O2/c1-3-8-7-4-6(10(14)15)5-11-9(7)13(2)12-8/h4-5H,3H2,1-2H3,(H,14,15). The predicted molar refractivity (Wildman–Crippen MR) is 54.8 cm³/mol. The Morgan fingerprint density at radius 2 is 2.33 bits per heavy atom. The molecule has 0 aliphatic heterocycles. The maximum absolute atomic E-state index is 10.8. The highest BCUT2D eigenvalue weighted by Gasteiger charge is 2.11. The monoisotopic (exact) mass is 205 g/mol. The van der Waals surface area contributed by atoms with Crippen LogP contribution in [0.15, 0.2) is 12.3 Å². The number of aromatic nitrogens is 3. The van der Waals surface area contributed by atoms with Gasteiger partial charge >= 0.3 is 5.97 Å². The summed E-state index contributed by atoms with van der Waals surface area (Å²) in [5.74, 6) is -0.963. The molecule has 0 bridgehead atoms. The van der Waals surface area contributed by atoms with Crippen LogP contribution in [0, 0.1) is 0 Å². The van der Waals surface area contributed by atoms with Gasteiger partial charge in [0.1, 0.15) is 0 Å². The van der Waals surface area contributed by atoms with Gasteiger partial charge in [-0.25, -0.2) is 9.78 Å². The largest absolute Gasteiger partial charge is 0.478 e. The van der Waals surface area contributed by atoms with Gasteiger partial charge in [-0.1, -0.05) is 6.92 Å². The highest BCUT2D eigenvalue weighted by atomic mass is 16.4. The normalized spacial score (nSPS) is 10.8. The molecule has 78 valence electrons. The number of hydrogen-bond donors (Lipinski definition) is 1. The van der Waals surface area contributed by atoms with Gasteiger partial charge in [0.25, 0.3) is 0 Å². The number of fused-ring (bicyclic) bond motifs is 1. The van der Waals surface area contributed by atoms with Crippen molar-refractivity contribution in [3.63, 3.8) is 0 Å². The topological polar surface area (TPSA) is 68.0 Å². The lowest BCUT2D eigenvalue weighted by Crippen LogP contribution is -1.98. The van der Waals surface area contributed by atoms with Gasteiger partial charge in [-0.3, -0.25) is 4.68 Å². The number of aromatic carboxylic acids is 1. The quantitative estimate of drug-likeness (QED) is 0.800. The van der Waals surface area contributed by atoms with Gasteiger partial charge in [0.15, 0.2) is 5.65 Å². The van der Waals surface area contributed by atoms with Crippen molar-refractivity contribution in [2.45, 2.75) is 13.3 Å². The van der Waals surface area contributed by atoms with Crippen molar-refractivity contribution in [3.8, 4) is 0 Å². The Kier molecular flexibility index (Phi) is 2.15. The van der Waals surface area contributed by atoms with Crippen molar-refractivity contribution in [1.29, 1.82) is 0 Å². The van der Waals surface area contributed by atoms with Crippen LogP contribution in [0.5, 0.6) is 0 Å². The van der Waals surface area contributed by atoms with Crippen LogP contribution in [-0.4, -0.2) is 25.8 Å². The van der Waals surface area contributed by atoms with Crippen LogP contribution in [0.25, 0.3) is 11.0 Å². The van der Waals surface area contributed by atoms with Crippen molar-refractivity contribution < 1.29 is 9.90 Å². The van der Waals surface area contributed by atoms with E-state index in [0.717, 1.165) is 23.1 Å². The molecule has 15 heavy (non-hydrogen) atoms. The number of hydrogen-bond acceptors (Lipinski definition) is 3. The second kappa shape index (κ2) is 3.34. The van der Waals surface area contributed by atoms with Gasteiger partial charge in [0.05, 0.1) is 11.3 Å². The molecular weight excluding hydrogens is 194 g/mol. The molecule has 2 aromatic heterocycles. The Morgan fingerprint density at radius 3 is 2.93 bits per heavy atom. The van der Waals surface area contributed by atoms with E-state index in [-0.39, 0.29) is 5.56 Å². The Bertz CT molecular complexity index is 531. The van der Waals surface area contributed by atoms with Gasteiger partial charge in [-0.05, 0) is 12.5 Å². The molecule has 0 radical (unpaired) electrons. The fraction of sp³-hybridized carbons (Fsp3) is 0.300. The van der Waals surface area contributed by atoms with Gasteiger partial charge in [-0.2, -0.15) is 5.10 Å². The summed E-state index contributed by atoms with van der Waals surface area (Å²) < 4.78 is 1.67. The van der Waals surface area contributed by atoms with Crippen molar-refractivity contribution >= 4 is 17.0 Å². The van der Waals surface area contributed by atoms with E-state index >= 15 is 0 Å². The Labute approximate surface area is 86.4 Å². The number of rotatable bonds is 2. The van der Waals surface area contributed by atoms with Crippen molar-refractivity contribution in [2.75, 3.05) is 0 Å². The minimum atomic E-state index is -0.963. The van der Waals surface area contributed by atoms with Crippen LogP contribution in [0.1, 0.15) is 23.0 Å². The molecule has 2 rings (SSSR count). The van der Waals surface area contributed by atoms with E-state index in [4.69, 9.17) is 5.11 Å². The number of carboxylic acids is 1. The second-order valence-corrected chi connectivity index (χ2v) is 3.32. The molecule has 0 saturated carbocycles. The summed E-state index contributed by atoms with van der Waals surface area (Å²) in [6, 6.07) is 1.62. The summed E-state index contributed by atoms with van der Waals surface area (Å²) in [5.41, 5.74) is 1.80. The fourth-order valence-corrected chi connectivity index (χ4v) is 1.59. The lowest BCUT2D eigenvalue weighted by atomic mass is 10.2. The maximum Gasteiger partial charge on any atom is 0.337 e. The van der Waals surface area contributed by atoms with E-state index in [1.165, 1.54) is 6.20 Å². The summed E-state index contributed by atoms with van der Waals surface area (Å²) in [6.07, 6.45) is 2.12. The van der Waals surface area contributed by atoms with E-state index in [1.54, 1.807) is 17.8 Å². The molecule has 0 aliphatic carbocycles. The Balaban J connectivity index is 2.73. The van der Waals surface area contributed by atoms with E-state index < -0.39 is 5.97 Å². The molecule has 0 spiro atoms. The van der Waals surface area contributed by atoms with Crippen molar-refractivity contribution in [3.05, 3.63) is 23.5 Å². The molecular formula is C10H11N3O2. The Hall–Kier alpha value is -1.91. The number of nitrogens with zero attached hydrogens (tertiary/aromatic N) is 3. The zero-order chi connectivity index (χ0) is 11.0. The molecule has 2 heterocycles. The van der Waals surface area contributed by atoms with Gasteiger partial charge in [-0.15, -0.1) is 0 Å². The lowest BCUT2D eigenvalue weighted by molar-refractivity contribution is 0.0696. The van der Waals surface area contributed by atoms with Gasteiger partial charge in [0, 0.05) is 18.6 Å². The van der Waals surface area contributed by atoms with Crippen LogP contribution < -0.4 is 0 Å². The molecule has 0 aromatic carbocycles. The van der Waals surface area contributed by atoms with E-state index in [1.807, 2.05) is 6.92 Å². The summed E-state index contributed by atoms with van der Waals surface area (Å²) in [5, 5.41) is 13.9. The van der Waals surface area contributed by atoms with Crippen LogP contribution in [0.2, 0.25) is 0 Å². The fourth-order valence-electron chi connectivity index (χ4n) is 1.59. The molecule has 0 aliphatic rings. The van der Waals surface area contributed by atoms with E-state index in [0.29, 0.717) is 0 Å². The second-order valence-electron chi connectivity index (χ2n) is 3.32. The molecule has 0 atom stereocenters. The smallest absolute Gasteiger partial charge is 0.337 e. The summed E-state index contributed by atoms with van der Waals surface area (Å²) in [7, 11) is 1.80. The highest BCUT2D eigenvalue weighted by molar-refractivity contribution is 5.92. The molecule has 0 saturated heterocycles. The summed E-state index contributed by atoms with van der Waals surface area (Å²) >= 11 is 0. The number of carboxylic acid groups (broad SMARTS) is 1. The van der Waals surface area contributed by atoms with Gasteiger partial charge < -0.3 is 5.11 Å². The SMILES string of the molecule is CCc1nn(C)c2ncc(C(=O)O)cc12. The highest BCUT2D eigenvalue weighted by Crippen LogP contribution is 2.17. The molecule has 5 heteroatoms. The van der Waals surface area contributed by atoms with Crippen LogP contribution in [-0.2, 0) is 13.5 Å². The minimum absolute atomic E-state index is 0.199.